The highest BCUT2D eigenvalue weighted by atomic mass is 32.2. The first-order valence-corrected chi connectivity index (χ1v) is 9.16. The third-order valence-corrected chi connectivity index (χ3v) is 4.99. The van der Waals surface area contributed by atoms with Crippen LogP contribution in [-0.4, -0.2) is 23.7 Å². The van der Waals surface area contributed by atoms with E-state index in [1.54, 1.807) is 30.0 Å². The topological polar surface area (TPSA) is 78.0 Å². The summed E-state index contributed by atoms with van der Waals surface area (Å²) < 4.78 is 24.9. The Hall–Kier alpha value is -1.05. The Morgan fingerprint density at radius 1 is 1.30 bits per heavy atom. The summed E-state index contributed by atoms with van der Waals surface area (Å²) in [5, 5.41) is 6.10. The van der Waals surface area contributed by atoms with Crippen molar-refractivity contribution in [1.29, 1.82) is 0 Å². The van der Waals surface area contributed by atoms with E-state index in [-0.39, 0.29) is 4.90 Å². The van der Waals surface area contributed by atoms with E-state index >= 15 is 0 Å². The fraction of sp³-hybridized carbons (Fsp3) is 0.462. The maximum absolute atomic E-state index is 11.4. The summed E-state index contributed by atoms with van der Waals surface area (Å²) in [6.07, 6.45) is 2.07. The van der Waals surface area contributed by atoms with Crippen molar-refractivity contribution < 1.29 is 8.42 Å². The molecule has 0 amide bonds. The van der Waals surface area contributed by atoms with Crippen LogP contribution in [0.4, 0.5) is 0 Å². The summed E-state index contributed by atoms with van der Waals surface area (Å²) in [5.41, 5.74) is 1.64. The molecule has 0 atom stereocenters. The van der Waals surface area contributed by atoms with Gasteiger partial charge >= 0.3 is 0 Å². The minimum absolute atomic E-state index is 0.109. The highest BCUT2D eigenvalue weighted by molar-refractivity contribution is 7.99. The number of nitrogens with zero attached hydrogens (tertiary/aromatic N) is 2. The molecule has 0 fully saturated rings. The number of primary sulfonamides is 1. The summed E-state index contributed by atoms with van der Waals surface area (Å²) in [6, 6.07) is 4.88. The summed E-state index contributed by atoms with van der Waals surface area (Å²) >= 11 is 1.70. The summed E-state index contributed by atoms with van der Waals surface area (Å²) in [7, 11) is -3.68. The van der Waals surface area contributed by atoms with E-state index < -0.39 is 10.0 Å². The molecular formula is C13H19N3O2S2. The van der Waals surface area contributed by atoms with Crippen molar-refractivity contribution in [2.45, 2.75) is 43.3 Å². The van der Waals surface area contributed by atoms with Crippen molar-refractivity contribution in [3.8, 4) is 0 Å². The highest BCUT2D eigenvalue weighted by Crippen LogP contribution is 2.26. The molecule has 0 aliphatic rings. The van der Waals surface area contributed by atoms with Crippen LogP contribution in [0.2, 0.25) is 0 Å². The van der Waals surface area contributed by atoms with E-state index in [4.69, 9.17) is 5.14 Å². The van der Waals surface area contributed by atoms with Crippen molar-refractivity contribution in [2.24, 2.45) is 5.14 Å². The third-order valence-electron chi connectivity index (χ3n) is 2.90. The Balaban J connectivity index is 2.54. The van der Waals surface area contributed by atoms with Gasteiger partial charge in [-0.1, -0.05) is 25.6 Å². The molecule has 20 heavy (non-hydrogen) atoms. The van der Waals surface area contributed by atoms with Gasteiger partial charge in [-0.2, -0.15) is 0 Å². The van der Waals surface area contributed by atoms with Gasteiger partial charge < -0.3 is 4.57 Å². The lowest BCUT2D eigenvalue weighted by atomic mass is 10.3. The van der Waals surface area contributed by atoms with Gasteiger partial charge in [-0.05, 0) is 31.0 Å². The number of rotatable bonds is 6. The van der Waals surface area contributed by atoms with Crippen molar-refractivity contribution in [1.82, 2.24) is 9.55 Å². The maximum atomic E-state index is 11.4. The van der Waals surface area contributed by atoms with E-state index in [0.717, 1.165) is 35.8 Å². The van der Waals surface area contributed by atoms with Gasteiger partial charge in [0.2, 0.25) is 10.0 Å². The highest BCUT2D eigenvalue weighted by Gasteiger charge is 2.14. The van der Waals surface area contributed by atoms with E-state index in [9.17, 15) is 8.42 Å². The Kier molecular flexibility index (Phi) is 4.72. The van der Waals surface area contributed by atoms with Crippen LogP contribution in [0.15, 0.2) is 28.3 Å². The second-order valence-electron chi connectivity index (χ2n) is 4.59. The summed E-state index contributed by atoms with van der Waals surface area (Å²) in [6.45, 7) is 5.11. The lowest BCUT2D eigenvalue weighted by Crippen LogP contribution is -2.11. The number of thioether (sulfide) groups is 1. The summed E-state index contributed by atoms with van der Waals surface area (Å²) in [4.78, 5) is 4.66. The van der Waals surface area contributed by atoms with Gasteiger partial charge in [0.1, 0.15) is 0 Å². The molecule has 2 N–H and O–H groups in total. The normalized spacial score (nSPS) is 12.2. The number of nitrogens with two attached hydrogens (primary N) is 1. The molecule has 1 heterocycles. The van der Waals surface area contributed by atoms with Gasteiger partial charge in [0.15, 0.2) is 5.16 Å². The molecule has 2 rings (SSSR count). The quantitative estimate of drug-likeness (QED) is 0.831. The molecule has 5 nitrogen and oxygen atoms in total. The predicted molar refractivity (Wildman–Crippen MR) is 82.4 cm³/mol. The Morgan fingerprint density at radius 3 is 2.65 bits per heavy atom. The van der Waals surface area contributed by atoms with Crippen LogP contribution in [-0.2, 0) is 16.6 Å². The second kappa shape index (κ2) is 6.15. The van der Waals surface area contributed by atoms with Crippen molar-refractivity contribution >= 4 is 32.8 Å². The second-order valence-corrected chi connectivity index (χ2v) is 7.21. The van der Waals surface area contributed by atoms with Gasteiger partial charge in [-0.25, -0.2) is 18.5 Å². The number of fused-ring (bicyclic) bond motifs is 1. The van der Waals surface area contributed by atoms with E-state index in [1.807, 2.05) is 0 Å². The van der Waals surface area contributed by atoms with Crippen molar-refractivity contribution in [2.75, 3.05) is 5.75 Å². The SMILES string of the molecule is CCCSc1nc2cc(S(N)(=O)=O)ccc2n1CCC. The molecule has 0 aliphatic carbocycles. The zero-order valence-electron chi connectivity index (χ0n) is 11.7. The lowest BCUT2D eigenvalue weighted by Gasteiger charge is -2.06. The maximum Gasteiger partial charge on any atom is 0.238 e. The first kappa shape index (κ1) is 15.3. The van der Waals surface area contributed by atoms with Crippen molar-refractivity contribution in [3.63, 3.8) is 0 Å². The molecule has 0 unspecified atom stereocenters. The minimum atomic E-state index is -3.68. The number of aromatic nitrogens is 2. The fourth-order valence-corrected chi connectivity index (χ4v) is 3.44. The number of benzene rings is 1. The molecule has 0 radical (unpaired) electrons. The number of imidazole rings is 1. The van der Waals surface area contributed by atoms with E-state index in [2.05, 4.69) is 23.4 Å². The number of hydrogen-bond acceptors (Lipinski definition) is 4. The number of aryl methyl sites for hydroxylation is 1. The molecule has 1 aromatic carbocycles. The van der Waals surface area contributed by atoms with Crippen LogP contribution >= 0.6 is 11.8 Å². The molecule has 2 aromatic rings. The summed E-state index contributed by atoms with van der Waals surface area (Å²) in [5.74, 6) is 0.995. The molecule has 0 aliphatic heterocycles. The largest absolute Gasteiger partial charge is 0.319 e. The molecule has 7 heteroatoms. The molecular weight excluding hydrogens is 294 g/mol. The molecule has 0 spiro atoms. The van der Waals surface area contributed by atoms with E-state index in [0.29, 0.717) is 5.52 Å². The van der Waals surface area contributed by atoms with Gasteiger partial charge in [0.05, 0.1) is 15.9 Å². The average molecular weight is 313 g/mol. The Bertz CT molecular complexity index is 708. The number of sulfonamides is 1. The van der Waals surface area contributed by atoms with Gasteiger partial charge in [0, 0.05) is 12.3 Å². The molecule has 0 saturated heterocycles. The van der Waals surface area contributed by atoms with Crippen LogP contribution in [0.25, 0.3) is 11.0 Å². The van der Waals surface area contributed by atoms with Crippen LogP contribution in [0.1, 0.15) is 26.7 Å². The fourth-order valence-electron chi connectivity index (χ4n) is 2.01. The zero-order chi connectivity index (χ0) is 14.8. The molecule has 110 valence electrons. The Morgan fingerprint density at radius 2 is 2.05 bits per heavy atom. The third kappa shape index (κ3) is 3.16. The molecule has 1 aromatic heterocycles. The van der Waals surface area contributed by atoms with Gasteiger partial charge in [-0.3, -0.25) is 0 Å². The van der Waals surface area contributed by atoms with Crippen LogP contribution in [0.5, 0.6) is 0 Å². The first-order chi connectivity index (χ1) is 9.47. The lowest BCUT2D eigenvalue weighted by molar-refractivity contribution is 0.598. The smallest absolute Gasteiger partial charge is 0.238 e. The predicted octanol–water partition coefficient (Wildman–Crippen LogP) is 2.60. The average Bonchev–Trinajstić information content (AvgIpc) is 2.73. The van der Waals surface area contributed by atoms with Gasteiger partial charge in [0.25, 0.3) is 0 Å². The van der Waals surface area contributed by atoms with Crippen molar-refractivity contribution in [3.05, 3.63) is 18.2 Å². The first-order valence-electron chi connectivity index (χ1n) is 6.63. The standard InChI is InChI=1S/C13H19N3O2S2/c1-3-7-16-12-6-5-10(20(14,17)18)9-11(12)15-13(16)19-8-4-2/h5-6,9H,3-4,7-8H2,1-2H3,(H2,14,17,18). The monoisotopic (exact) mass is 313 g/mol. The molecule has 0 bridgehead atoms. The number of hydrogen-bond donors (Lipinski definition) is 1. The molecule has 0 saturated carbocycles. The van der Waals surface area contributed by atoms with E-state index in [1.165, 1.54) is 0 Å². The van der Waals surface area contributed by atoms with Crippen LogP contribution < -0.4 is 5.14 Å². The Labute approximate surface area is 123 Å². The van der Waals surface area contributed by atoms with Gasteiger partial charge in [-0.15, -0.1) is 0 Å². The minimum Gasteiger partial charge on any atom is -0.319 e. The zero-order valence-corrected chi connectivity index (χ0v) is 13.3. The van der Waals surface area contributed by atoms with Crippen LogP contribution in [0, 0.1) is 0 Å². The van der Waals surface area contributed by atoms with Crippen LogP contribution in [0.3, 0.4) is 0 Å².